The molecule has 9 heteroatoms. The molecule has 0 radical (unpaired) electrons. The van der Waals surface area contributed by atoms with E-state index in [-0.39, 0.29) is 36.8 Å². The summed E-state index contributed by atoms with van der Waals surface area (Å²) < 4.78 is 6.85. The van der Waals surface area contributed by atoms with Gasteiger partial charge in [0, 0.05) is 19.6 Å². The van der Waals surface area contributed by atoms with E-state index in [1.54, 1.807) is 34.9 Å². The van der Waals surface area contributed by atoms with Gasteiger partial charge in [-0.25, -0.2) is 0 Å². The van der Waals surface area contributed by atoms with Crippen LogP contribution in [0.3, 0.4) is 0 Å². The molecule has 3 heterocycles. The van der Waals surface area contributed by atoms with Crippen LogP contribution in [0, 0.1) is 24.7 Å². The van der Waals surface area contributed by atoms with Crippen molar-refractivity contribution >= 4 is 35.0 Å². The monoisotopic (exact) mass is 571 g/mol. The van der Waals surface area contributed by atoms with Crippen molar-refractivity contribution in [1.29, 1.82) is 0 Å². The van der Waals surface area contributed by atoms with Crippen molar-refractivity contribution in [2.45, 2.75) is 70.7 Å². The van der Waals surface area contributed by atoms with Crippen LogP contribution in [-0.2, 0) is 19.1 Å². The number of aryl methyl sites for hydroxylation is 1. The van der Waals surface area contributed by atoms with Crippen molar-refractivity contribution in [3.05, 3.63) is 54.1 Å². The van der Waals surface area contributed by atoms with Crippen LogP contribution in [0.5, 0.6) is 0 Å². The van der Waals surface area contributed by atoms with Crippen LogP contribution in [0.15, 0.2) is 43.5 Å². The van der Waals surface area contributed by atoms with Crippen LogP contribution in [0.25, 0.3) is 0 Å². The number of ether oxygens (including phenoxy) is 1. The molecule has 3 unspecified atom stereocenters. The molecule has 0 aliphatic carbocycles. The summed E-state index contributed by atoms with van der Waals surface area (Å²) in [7, 11) is 0. The number of para-hydroxylation sites is 1. The summed E-state index contributed by atoms with van der Waals surface area (Å²) in [4.78, 5) is 48.0. The minimum atomic E-state index is -1.23. The largest absolute Gasteiger partial charge is 0.394 e. The van der Waals surface area contributed by atoms with E-state index in [0.717, 1.165) is 12.0 Å². The SMILES string of the molecule is C=CCN(CCC)C(=O)[C@@H]1[C@H]2C(=O)N([C@H](C)CO)C(C(=O)N(CC=C)c3c(C)cccc3Cl)C23CC(C)[C@@]1(C)O3. The molecule has 2 bridgehead atoms. The summed E-state index contributed by atoms with van der Waals surface area (Å²) in [5.41, 5.74) is -0.821. The number of halogens is 1. The molecule has 1 N–H and O–H groups in total. The van der Waals surface area contributed by atoms with Gasteiger partial charge in [0.2, 0.25) is 11.8 Å². The van der Waals surface area contributed by atoms with E-state index < -0.39 is 35.1 Å². The fourth-order valence-electron chi connectivity index (χ4n) is 7.34. The molecular formula is C31H42ClN3O5. The number of anilines is 1. The number of carbonyl (C=O) groups is 3. The Morgan fingerprint density at radius 1 is 1.27 bits per heavy atom. The van der Waals surface area contributed by atoms with Gasteiger partial charge in [-0.1, -0.05) is 49.7 Å². The number of hydrogen-bond acceptors (Lipinski definition) is 5. The van der Waals surface area contributed by atoms with E-state index in [1.165, 1.54) is 4.90 Å². The lowest BCUT2D eigenvalue weighted by Gasteiger charge is -2.39. The number of fused-ring (bicyclic) bond motifs is 1. The van der Waals surface area contributed by atoms with E-state index in [9.17, 15) is 19.5 Å². The lowest BCUT2D eigenvalue weighted by molar-refractivity contribution is -0.153. The quantitative estimate of drug-likeness (QED) is 0.406. The van der Waals surface area contributed by atoms with Crippen molar-refractivity contribution in [1.82, 2.24) is 9.80 Å². The summed E-state index contributed by atoms with van der Waals surface area (Å²) in [6.45, 7) is 17.9. The Hall–Kier alpha value is -2.68. The van der Waals surface area contributed by atoms with Crippen molar-refractivity contribution in [2.24, 2.45) is 17.8 Å². The predicted molar refractivity (Wildman–Crippen MR) is 156 cm³/mol. The van der Waals surface area contributed by atoms with E-state index >= 15 is 0 Å². The number of carbonyl (C=O) groups excluding carboxylic acids is 3. The van der Waals surface area contributed by atoms with Crippen molar-refractivity contribution in [2.75, 3.05) is 31.1 Å². The fourth-order valence-corrected chi connectivity index (χ4v) is 7.67. The smallest absolute Gasteiger partial charge is 0.253 e. The highest BCUT2D eigenvalue weighted by molar-refractivity contribution is 6.34. The van der Waals surface area contributed by atoms with Gasteiger partial charge in [0.25, 0.3) is 5.91 Å². The third-order valence-corrected chi connectivity index (χ3v) is 9.49. The molecule has 3 saturated heterocycles. The first kappa shape index (κ1) is 30.3. The van der Waals surface area contributed by atoms with Crippen LogP contribution in [0.4, 0.5) is 5.69 Å². The van der Waals surface area contributed by atoms with Crippen molar-refractivity contribution in [3.63, 3.8) is 0 Å². The number of amides is 3. The number of rotatable bonds is 11. The molecule has 0 aromatic heterocycles. The maximum Gasteiger partial charge on any atom is 0.253 e. The van der Waals surface area contributed by atoms with Gasteiger partial charge in [-0.3, -0.25) is 14.4 Å². The lowest BCUT2D eigenvalue weighted by atomic mass is 9.62. The Labute approximate surface area is 242 Å². The van der Waals surface area contributed by atoms with Gasteiger partial charge in [0.05, 0.1) is 40.8 Å². The first-order valence-corrected chi connectivity index (χ1v) is 14.5. The van der Waals surface area contributed by atoms with Crippen LogP contribution >= 0.6 is 11.6 Å². The highest BCUT2D eigenvalue weighted by atomic mass is 35.5. The first-order valence-electron chi connectivity index (χ1n) is 14.1. The van der Waals surface area contributed by atoms with E-state index in [2.05, 4.69) is 13.2 Å². The Balaban J connectivity index is 1.89. The molecule has 1 spiro atoms. The third kappa shape index (κ3) is 4.39. The van der Waals surface area contributed by atoms with Crippen LogP contribution < -0.4 is 4.90 Å². The highest BCUT2D eigenvalue weighted by Gasteiger charge is 2.80. The number of nitrogens with zero attached hydrogens (tertiary/aromatic N) is 3. The number of hydrogen-bond donors (Lipinski definition) is 1. The third-order valence-electron chi connectivity index (χ3n) is 9.18. The number of likely N-dealkylation sites (tertiary alicyclic amines) is 1. The molecule has 8 nitrogen and oxygen atoms in total. The van der Waals surface area contributed by atoms with Gasteiger partial charge in [-0.15, -0.1) is 13.2 Å². The second kappa shape index (κ2) is 11.3. The second-order valence-corrected chi connectivity index (χ2v) is 12.1. The molecule has 1 aromatic carbocycles. The fraction of sp³-hybridized carbons (Fsp3) is 0.581. The molecule has 40 heavy (non-hydrogen) atoms. The summed E-state index contributed by atoms with van der Waals surface area (Å²) in [5.74, 6) is -2.58. The average Bonchev–Trinajstić information content (AvgIpc) is 3.43. The molecule has 7 atom stereocenters. The van der Waals surface area contributed by atoms with Crippen LogP contribution in [-0.4, -0.2) is 82.2 Å². The Bertz CT molecular complexity index is 1190. The second-order valence-electron chi connectivity index (χ2n) is 11.7. The van der Waals surface area contributed by atoms with Gasteiger partial charge in [0.1, 0.15) is 11.6 Å². The molecule has 4 rings (SSSR count). The predicted octanol–water partition coefficient (Wildman–Crippen LogP) is 3.98. The molecule has 3 aliphatic rings. The molecule has 3 aliphatic heterocycles. The Morgan fingerprint density at radius 3 is 2.52 bits per heavy atom. The van der Waals surface area contributed by atoms with Crippen LogP contribution in [0.1, 0.15) is 46.1 Å². The minimum absolute atomic E-state index is 0.0905. The first-order chi connectivity index (χ1) is 18.9. The summed E-state index contributed by atoms with van der Waals surface area (Å²) >= 11 is 6.62. The zero-order valence-electron chi connectivity index (χ0n) is 24.2. The van der Waals surface area contributed by atoms with Crippen molar-refractivity contribution in [3.8, 4) is 0 Å². The zero-order chi connectivity index (χ0) is 29.6. The molecule has 3 fully saturated rings. The van der Waals surface area contributed by atoms with E-state index in [4.69, 9.17) is 16.3 Å². The normalized spacial score (nSPS) is 31.2. The summed E-state index contributed by atoms with van der Waals surface area (Å²) in [6, 6.07) is 3.69. The van der Waals surface area contributed by atoms with E-state index in [1.807, 2.05) is 39.8 Å². The topological polar surface area (TPSA) is 90.4 Å². The molecule has 218 valence electrons. The molecular weight excluding hydrogens is 530 g/mol. The van der Waals surface area contributed by atoms with Gasteiger partial charge in [0.15, 0.2) is 0 Å². The Kier molecular flexibility index (Phi) is 8.56. The van der Waals surface area contributed by atoms with Gasteiger partial charge in [-0.05, 0) is 51.2 Å². The maximum absolute atomic E-state index is 14.7. The van der Waals surface area contributed by atoms with Gasteiger partial charge >= 0.3 is 0 Å². The summed E-state index contributed by atoms with van der Waals surface area (Å²) in [5, 5.41) is 10.6. The lowest BCUT2D eigenvalue weighted by Crippen LogP contribution is -2.59. The molecule has 1 aromatic rings. The van der Waals surface area contributed by atoms with Crippen LogP contribution in [0.2, 0.25) is 5.02 Å². The molecule has 3 amide bonds. The van der Waals surface area contributed by atoms with E-state index in [0.29, 0.717) is 30.2 Å². The van der Waals surface area contributed by atoms with Crippen molar-refractivity contribution < 1.29 is 24.2 Å². The average molecular weight is 572 g/mol. The minimum Gasteiger partial charge on any atom is -0.394 e. The molecule has 0 saturated carbocycles. The standard InChI is InChI=1S/C31H42ClN3O5/c1-8-14-33(15-9-2)27(37)23-24-28(38)35(21(6)18-36)26(31(24)17-20(5)30(23,7)40-31)29(39)34(16-10-3)25-19(4)12-11-13-22(25)32/h8,10-13,20-21,23-24,26,36H,1,3,9,14-18H2,2,4-7H3/t20?,21-,23+,24+,26?,30-,31?/m1/s1. The Morgan fingerprint density at radius 2 is 1.95 bits per heavy atom. The summed E-state index contributed by atoms with van der Waals surface area (Å²) in [6.07, 6.45) is 4.50. The number of aliphatic hydroxyl groups excluding tert-OH is 1. The zero-order valence-corrected chi connectivity index (χ0v) is 25.0. The van der Waals surface area contributed by atoms with Gasteiger partial charge < -0.3 is 24.5 Å². The number of aliphatic hydroxyl groups is 1. The van der Waals surface area contributed by atoms with Gasteiger partial charge in [-0.2, -0.15) is 0 Å². The number of benzene rings is 1. The highest BCUT2D eigenvalue weighted by Crippen LogP contribution is 2.66. The maximum atomic E-state index is 14.7.